The maximum Gasteiger partial charge on any atom is 0.326 e. The Kier molecular flexibility index (Phi) is 13.1. The van der Waals surface area contributed by atoms with E-state index >= 15 is 0 Å². The highest BCUT2D eigenvalue weighted by atomic mass is 16.4. The molecule has 3 amide bonds. The average Bonchev–Trinajstić information content (AvgIpc) is 3.29. The monoisotopic (exact) mass is 511 g/mol. The van der Waals surface area contributed by atoms with Crippen LogP contribution in [0.1, 0.15) is 51.6 Å². The summed E-state index contributed by atoms with van der Waals surface area (Å²) in [7, 11) is 0. The largest absolute Gasteiger partial charge is 0.481 e. The van der Waals surface area contributed by atoms with Crippen molar-refractivity contribution in [3.05, 3.63) is 18.2 Å². The molecule has 0 aliphatic rings. The summed E-state index contributed by atoms with van der Waals surface area (Å²) in [5.74, 6) is -5.05. The summed E-state index contributed by atoms with van der Waals surface area (Å²) in [5.41, 5.74) is 11.9. The highest BCUT2D eigenvalue weighted by Gasteiger charge is 2.31. The van der Waals surface area contributed by atoms with Gasteiger partial charge in [-0.3, -0.25) is 19.2 Å². The highest BCUT2D eigenvalue weighted by Crippen LogP contribution is 2.09. The van der Waals surface area contributed by atoms with Crippen LogP contribution in [0, 0.1) is 5.92 Å². The number of carboxylic acid groups (broad SMARTS) is 2. The van der Waals surface area contributed by atoms with Crippen molar-refractivity contribution in [3.63, 3.8) is 0 Å². The topological polar surface area (TPSA) is 243 Å². The molecule has 0 aromatic carbocycles. The van der Waals surface area contributed by atoms with Crippen LogP contribution in [0.3, 0.4) is 0 Å². The number of carbonyl (C=O) groups is 5. The number of imidazole rings is 1. The van der Waals surface area contributed by atoms with Gasteiger partial charge in [0.15, 0.2) is 0 Å². The first-order chi connectivity index (χ1) is 16.9. The maximum absolute atomic E-state index is 12.9. The molecule has 1 rings (SSSR count). The summed E-state index contributed by atoms with van der Waals surface area (Å²) < 4.78 is 0. The SMILES string of the molecule is CC(C)CC(NC(=O)C(CC(=O)O)NC(=O)C(N)Cc1cnc[nH]1)C(=O)NC(CCCCN)C(=O)O. The molecule has 0 saturated heterocycles. The van der Waals surface area contributed by atoms with E-state index in [1.165, 1.54) is 12.5 Å². The molecule has 0 aliphatic carbocycles. The normalized spacial score (nSPS) is 14.4. The number of H-pyrrole nitrogens is 1. The van der Waals surface area contributed by atoms with Gasteiger partial charge in [-0.05, 0) is 38.1 Å². The fourth-order valence-electron chi connectivity index (χ4n) is 3.39. The number of hydrogen-bond acceptors (Lipinski definition) is 8. The molecule has 0 saturated carbocycles. The van der Waals surface area contributed by atoms with E-state index in [-0.39, 0.29) is 25.2 Å². The van der Waals surface area contributed by atoms with Crippen molar-refractivity contribution in [1.82, 2.24) is 25.9 Å². The summed E-state index contributed by atoms with van der Waals surface area (Å²) in [4.78, 5) is 67.8. The van der Waals surface area contributed by atoms with Crippen LogP contribution in [-0.2, 0) is 30.4 Å². The smallest absolute Gasteiger partial charge is 0.326 e. The molecule has 4 unspecified atom stereocenters. The molecule has 0 aliphatic heterocycles. The van der Waals surface area contributed by atoms with Crippen LogP contribution in [0.5, 0.6) is 0 Å². The molecule has 0 spiro atoms. The molecule has 1 aromatic heterocycles. The zero-order valence-corrected chi connectivity index (χ0v) is 20.5. The third-order valence-electron chi connectivity index (χ3n) is 5.24. The van der Waals surface area contributed by atoms with Crippen LogP contribution in [0.15, 0.2) is 12.5 Å². The molecule has 202 valence electrons. The molecule has 10 N–H and O–H groups in total. The van der Waals surface area contributed by atoms with Gasteiger partial charge < -0.3 is 42.6 Å². The number of nitrogens with one attached hydrogen (secondary N) is 4. The Labute approximate surface area is 209 Å². The number of nitrogens with two attached hydrogens (primary N) is 2. The van der Waals surface area contributed by atoms with Crippen molar-refractivity contribution in [2.45, 2.75) is 76.5 Å². The molecular weight excluding hydrogens is 474 g/mol. The number of aromatic amines is 1. The van der Waals surface area contributed by atoms with Crippen molar-refractivity contribution in [1.29, 1.82) is 0 Å². The van der Waals surface area contributed by atoms with Crippen LogP contribution in [0.4, 0.5) is 0 Å². The summed E-state index contributed by atoms with van der Waals surface area (Å²) in [6.45, 7) is 3.98. The Hall–Kier alpha value is -3.52. The minimum atomic E-state index is -1.51. The van der Waals surface area contributed by atoms with E-state index in [1.807, 2.05) is 0 Å². The molecule has 14 nitrogen and oxygen atoms in total. The van der Waals surface area contributed by atoms with E-state index in [0.717, 1.165) is 0 Å². The van der Waals surface area contributed by atoms with Crippen LogP contribution < -0.4 is 27.4 Å². The molecule has 1 aromatic rings. The molecule has 0 bridgehead atoms. The number of hydrogen-bond donors (Lipinski definition) is 8. The number of carboxylic acids is 2. The van der Waals surface area contributed by atoms with E-state index in [0.29, 0.717) is 25.1 Å². The quantitative estimate of drug-likeness (QED) is 0.112. The number of carbonyl (C=O) groups excluding carboxylic acids is 3. The zero-order valence-electron chi connectivity index (χ0n) is 20.5. The lowest BCUT2D eigenvalue weighted by atomic mass is 10.0. The summed E-state index contributed by atoms with van der Waals surface area (Å²) in [6.07, 6.45) is 3.60. The first kappa shape index (κ1) is 30.5. The summed E-state index contributed by atoms with van der Waals surface area (Å²) in [6, 6.07) is -4.93. The fourth-order valence-corrected chi connectivity index (χ4v) is 3.39. The highest BCUT2D eigenvalue weighted by molar-refractivity contribution is 5.95. The van der Waals surface area contributed by atoms with Gasteiger partial charge in [0, 0.05) is 18.3 Å². The van der Waals surface area contributed by atoms with Crippen LogP contribution in [0.25, 0.3) is 0 Å². The van der Waals surface area contributed by atoms with Gasteiger partial charge >= 0.3 is 11.9 Å². The Morgan fingerprint density at radius 3 is 2.11 bits per heavy atom. The second-order valence-corrected chi connectivity index (χ2v) is 8.92. The van der Waals surface area contributed by atoms with Gasteiger partial charge in [0.25, 0.3) is 0 Å². The van der Waals surface area contributed by atoms with Gasteiger partial charge in [-0.2, -0.15) is 0 Å². The second-order valence-electron chi connectivity index (χ2n) is 8.92. The van der Waals surface area contributed by atoms with Crippen molar-refractivity contribution in [3.8, 4) is 0 Å². The Morgan fingerprint density at radius 2 is 1.58 bits per heavy atom. The number of aromatic nitrogens is 2. The predicted octanol–water partition coefficient (Wildman–Crippen LogP) is -1.53. The molecule has 0 fully saturated rings. The zero-order chi connectivity index (χ0) is 27.3. The Balaban J connectivity index is 2.92. The minimum Gasteiger partial charge on any atom is -0.481 e. The van der Waals surface area contributed by atoms with Gasteiger partial charge in [0.1, 0.15) is 18.1 Å². The second kappa shape index (κ2) is 15.5. The van der Waals surface area contributed by atoms with E-state index in [1.54, 1.807) is 13.8 Å². The molecule has 4 atom stereocenters. The molecule has 36 heavy (non-hydrogen) atoms. The predicted molar refractivity (Wildman–Crippen MR) is 128 cm³/mol. The van der Waals surface area contributed by atoms with Crippen molar-refractivity contribution in [2.24, 2.45) is 17.4 Å². The third-order valence-corrected chi connectivity index (χ3v) is 5.24. The molecule has 0 radical (unpaired) electrons. The standard InChI is InChI=1S/C22H37N7O7/c1-12(2)7-16(20(33)27-15(22(35)36)5-3-4-6-23)29-21(34)17(9-18(30)31)28-19(32)14(24)8-13-10-25-11-26-13/h10-12,14-17H,3-9,23-24H2,1-2H3,(H,25,26)(H,27,33)(H,28,32)(H,29,34)(H,30,31)(H,35,36). The van der Waals surface area contributed by atoms with Gasteiger partial charge in [-0.1, -0.05) is 13.8 Å². The van der Waals surface area contributed by atoms with Crippen LogP contribution in [-0.4, -0.2) is 80.6 Å². The lowest BCUT2D eigenvalue weighted by Crippen LogP contribution is -2.57. The van der Waals surface area contributed by atoms with Crippen LogP contribution >= 0.6 is 0 Å². The maximum atomic E-state index is 12.9. The summed E-state index contributed by atoms with van der Waals surface area (Å²) in [5, 5.41) is 25.9. The van der Waals surface area contributed by atoms with Gasteiger partial charge in [-0.15, -0.1) is 0 Å². The molecular formula is C22H37N7O7. The number of amides is 3. The minimum absolute atomic E-state index is 0.0723. The van der Waals surface area contributed by atoms with E-state index in [2.05, 4.69) is 25.9 Å². The average molecular weight is 512 g/mol. The number of nitrogens with zero attached hydrogens (tertiary/aromatic N) is 1. The Bertz CT molecular complexity index is 876. The first-order valence-corrected chi connectivity index (χ1v) is 11.7. The fraction of sp³-hybridized carbons (Fsp3) is 0.636. The molecule has 14 heteroatoms. The first-order valence-electron chi connectivity index (χ1n) is 11.7. The van der Waals surface area contributed by atoms with E-state index in [9.17, 15) is 34.2 Å². The summed E-state index contributed by atoms with van der Waals surface area (Å²) >= 11 is 0. The number of aliphatic carboxylic acids is 2. The van der Waals surface area contributed by atoms with Crippen molar-refractivity contribution < 1.29 is 34.2 Å². The van der Waals surface area contributed by atoms with Gasteiger partial charge in [0.05, 0.1) is 18.8 Å². The van der Waals surface area contributed by atoms with Crippen molar-refractivity contribution in [2.75, 3.05) is 6.54 Å². The Morgan fingerprint density at radius 1 is 0.972 bits per heavy atom. The lowest BCUT2D eigenvalue weighted by molar-refractivity contribution is -0.143. The van der Waals surface area contributed by atoms with Gasteiger partial charge in [0.2, 0.25) is 17.7 Å². The van der Waals surface area contributed by atoms with E-state index < -0.39 is 60.2 Å². The number of rotatable bonds is 17. The van der Waals surface area contributed by atoms with Crippen molar-refractivity contribution >= 4 is 29.7 Å². The number of unbranched alkanes of at least 4 members (excludes halogenated alkanes) is 1. The third kappa shape index (κ3) is 11.3. The van der Waals surface area contributed by atoms with Gasteiger partial charge in [-0.25, -0.2) is 9.78 Å². The van der Waals surface area contributed by atoms with Crippen LogP contribution in [0.2, 0.25) is 0 Å². The van der Waals surface area contributed by atoms with E-state index in [4.69, 9.17) is 11.5 Å². The molecule has 1 heterocycles. The lowest BCUT2D eigenvalue weighted by Gasteiger charge is -2.25.